The van der Waals surface area contributed by atoms with Crippen LogP contribution in [0.15, 0.2) is 48.5 Å². The van der Waals surface area contributed by atoms with Crippen LogP contribution in [-0.2, 0) is 10.1 Å². The van der Waals surface area contributed by atoms with Crippen molar-refractivity contribution in [3.05, 3.63) is 65.2 Å². The number of ketones is 1. The highest BCUT2D eigenvalue weighted by Gasteiger charge is 2.48. The molecule has 0 spiro atoms. The van der Waals surface area contributed by atoms with Crippen LogP contribution in [-0.4, -0.2) is 27.8 Å². The van der Waals surface area contributed by atoms with Gasteiger partial charge >= 0.3 is 15.6 Å². The monoisotopic (exact) mass is 426 g/mol. The van der Waals surface area contributed by atoms with Crippen LogP contribution < -0.4 is 4.18 Å². The summed E-state index contributed by atoms with van der Waals surface area (Å²) >= 11 is 0. The molecule has 0 fully saturated rings. The van der Waals surface area contributed by atoms with Crippen molar-refractivity contribution in [2.24, 2.45) is 0 Å². The molecule has 28 heavy (non-hydrogen) atoms. The lowest BCUT2D eigenvalue weighted by Crippen LogP contribution is -2.28. The third kappa shape index (κ3) is 5.71. The number of benzene rings is 2. The molecule has 2 aromatic carbocycles. The summed E-state index contributed by atoms with van der Waals surface area (Å²) in [5.41, 5.74) is -1.11. The normalized spacial score (nSPS) is 12.1. The van der Waals surface area contributed by atoms with E-state index in [1.807, 2.05) is 0 Å². The van der Waals surface area contributed by atoms with Gasteiger partial charge < -0.3 is 4.18 Å². The first-order valence-corrected chi connectivity index (χ1v) is 13.0. The van der Waals surface area contributed by atoms with E-state index in [-0.39, 0.29) is 11.3 Å². The molecule has 0 heterocycles. The summed E-state index contributed by atoms with van der Waals surface area (Å²) in [6.07, 6.45) is 0. The highest BCUT2D eigenvalue weighted by atomic mass is 32.2. The molecule has 0 aliphatic carbocycles. The Labute approximate surface area is 162 Å². The SMILES string of the molecule is C[Si](C)(C)C#Cc1cccc(C(=O)c2ccc(OS(=O)(=O)C(F)(F)F)cc2)c1. The smallest absolute Gasteiger partial charge is 0.376 e. The molecule has 4 nitrogen and oxygen atoms in total. The zero-order valence-corrected chi connectivity index (χ0v) is 17.1. The molecule has 9 heteroatoms. The molecule has 0 N–H and O–H groups in total. The highest BCUT2D eigenvalue weighted by molar-refractivity contribution is 7.88. The fraction of sp³-hybridized carbons (Fsp3) is 0.211. The van der Waals surface area contributed by atoms with Crippen LogP contribution in [0.1, 0.15) is 21.5 Å². The zero-order valence-electron chi connectivity index (χ0n) is 15.3. The topological polar surface area (TPSA) is 60.4 Å². The van der Waals surface area contributed by atoms with Gasteiger partial charge in [-0.1, -0.05) is 37.7 Å². The van der Waals surface area contributed by atoms with E-state index in [2.05, 4.69) is 35.3 Å². The van der Waals surface area contributed by atoms with Gasteiger partial charge in [-0.15, -0.1) is 5.54 Å². The first-order chi connectivity index (χ1) is 12.8. The standard InChI is InChI=1S/C19H17F3O4SSi/c1-28(2,3)12-11-14-5-4-6-16(13-14)18(23)15-7-9-17(10-8-15)26-27(24,25)19(20,21)22/h4-10,13H,1-3H3. The van der Waals surface area contributed by atoms with Crippen molar-refractivity contribution >= 4 is 24.0 Å². The van der Waals surface area contributed by atoms with Crippen LogP contribution >= 0.6 is 0 Å². The number of alkyl halides is 3. The second-order valence-electron chi connectivity index (χ2n) is 6.92. The zero-order chi connectivity index (χ0) is 21.2. The van der Waals surface area contributed by atoms with Crippen molar-refractivity contribution in [3.8, 4) is 17.2 Å². The molecule has 2 rings (SSSR count). The van der Waals surface area contributed by atoms with Crippen LogP contribution in [0.3, 0.4) is 0 Å². The number of rotatable bonds is 4. The molecule has 0 amide bonds. The van der Waals surface area contributed by atoms with E-state index in [9.17, 15) is 26.4 Å². The van der Waals surface area contributed by atoms with Gasteiger partial charge in [0.15, 0.2) is 5.78 Å². The van der Waals surface area contributed by atoms with Crippen molar-refractivity contribution in [1.82, 2.24) is 0 Å². The first-order valence-electron chi connectivity index (χ1n) is 8.07. The molecular weight excluding hydrogens is 409 g/mol. The molecule has 2 aromatic rings. The van der Waals surface area contributed by atoms with Gasteiger partial charge in [0.1, 0.15) is 13.8 Å². The van der Waals surface area contributed by atoms with Crippen molar-refractivity contribution in [3.63, 3.8) is 0 Å². The van der Waals surface area contributed by atoms with Gasteiger partial charge in [-0.2, -0.15) is 21.6 Å². The fourth-order valence-electron chi connectivity index (χ4n) is 2.00. The third-order valence-corrected chi connectivity index (χ3v) is 5.17. The molecule has 0 bridgehead atoms. The average molecular weight is 426 g/mol. The van der Waals surface area contributed by atoms with E-state index in [4.69, 9.17) is 0 Å². The number of hydrogen-bond acceptors (Lipinski definition) is 4. The maximum Gasteiger partial charge on any atom is 0.534 e. The molecular formula is C19H17F3O4SSi. The number of halogens is 3. The van der Waals surface area contributed by atoms with Gasteiger partial charge in [-0.05, 0) is 36.4 Å². The maximum absolute atomic E-state index is 12.6. The minimum Gasteiger partial charge on any atom is -0.376 e. The van der Waals surface area contributed by atoms with E-state index < -0.39 is 29.4 Å². The first kappa shape index (κ1) is 21.7. The van der Waals surface area contributed by atoms with Gasteiger partial charge in [0, 0.05) is 16.7 Å². The summed E-state index contributed by atoms with van der Waals surface area (Å²) in [5, 5.41) is 0. The van der Waals surface area contributed by atoms with Crippen molar-refractivity contribution in [2.75, 3.05) is 0 Å². The molecule has 0 aromatic heterocycles. The summed E-state index contributed by atoms with van der Waals surface area (Å²) in [7, 11) is -7.33. The lowest BCUT2D eigenvalue weighted by atomic mass is 10.0. The Morgan fingerprint density at radius 3 is 2.14 bits per heavy atom. The van der Waals surface area contributed by atoms with Crippen molar-refractivity contribution in [2.45, 2.75) is 25.1 Å². The summed E-state index contributed by atoms with van der Waals surface area (Å²) < 4.78 is 63.1. The van der Waals surface area contributed by atoms with Crippen molar-refractivity contribution in [1.29, 1.82) is 0 Å². The minimum absolute atomic E-state index is 0.173. The Balaban J connectivity index is 2.23. The molecule has 0 atom stereocenters. The van der Waals surface area contributed by atoms with Gasteiger partial charge in [0.25, 0.3) is 0 Å². The fourth-order valence-corrected chi connectivity index (χ4v) is 2.98. The van der Waals surface area contributed by atoms with Gasteiger partial charge in [0.2, 0.25) is 0 Å². The predicted octanol–water partition coefficient (Wildman–Crippen LogP) is 4.37. The Morgan fingerprint density at radius 2 is 1.61 bits per heavy atom. The van der Waals surface area contributed by atoms with E-state index in [1.165, 1.54) is 12.1 Å². The van der Waals surface area contributed by atoms with E-state index in [0.717, 1.165) is 12.1 Å². The van der Waals surface area contributed by atoms with Crippen LogP contribution in [0.25, 0.3) is 0 Å². The van der Waals surface area contributed by atoms with Crippen LogP contribution in [0.5, 0.6) is 5.75 Å². The van der Waals surface area contributed by atoms with E-state index in [1.54, 1.807) is 24.3 Å². The lowest BCUT2D eigenvalue weighted by Gasteiger charge is -2.09. The van der Waals surface area contributed by atoms with Crippen molar-refractivity contribution < 1.29 is 30.6 Å². The molecule has 0 aliphatic heterocycles. The molecule has 0 unspecified atom stereocenters. The Hall–Kier alpha value is -2.57. The third-order valence-electron chi connectivity index (χ3n) is 3.31. The van der Waals surface area contributed by atoms with E-state index in [0.29, 0.717) is 11.1 Å². The second kappa shape index (κ2) is 7.81. The highest BCUT2D eigenvalue weighted by Crippen LogP contribution is 2.27. The summed E-state index contributed by atoms with van der Waals surface area (Å²) in [6, 6.07) is 11.1. The van der Waals surface area contributed by atoms with Crippen LogP contribution in [0.2, 0.25) is 19.6 Å². The average Bonchev–Trinajstić information content (AvgIpc) is 2.58. The van der Waals surface area contributed by atoms with Crippen LogP contribution in [0.4, 0.5) is 13.2 Å². The number of hydrogen-bond donors (Lipinski definition) is 0. The largest absolute Gasteiger partial charge is 0.534 e. The molecule has 0 radical (unpaired) electrons. The minimum atomic E-state index is -5.76. The van der Waals surface area contributed by atoms with Gasteiger partial charge in [0.05, 0.1) is 0 Å². The van der Waals surface area contributed by atoms with Gasteiger partial charge in [-0.25, -0.2) is 0 Å². The Kier molecular flexibility index (Phi) is 6.06. The van der Waals surface area contributed by atoms with Crippen LogP contribution in [0, 0.1) is 11.5 Å². The molecule has 0 saturated carbocycles. The summed E-state index contributed by atoms with van der Waals surface area (Å²) in [6.45, 7) is 6.28. The second-order valence-corrected chi connectivity index (χ2v) is 13.2. The molecule has 0 saturated heterocycles. The molecule has 0 aliphatic rings. The molecule has 148 valence electrons. The number of carbonyl (C=O) groups excluding carboxylic acids is 1. The maximum atomic E-state index is 12.6. The van der Waals surface area contributed by atoms with Gasteiger partial charge in [-0.3, -0.25) is 4.79 Å². The summed E-state index contributed by atoms with van der Waals surface area (Å²) in [5.74, 6) is 2.14. The number of carbonyl (C=O) groups is 1. The summed E-state index contributed by atoms with van der Waals surface area (Å²) in [4.78, 5) is 12.6. The van der Waals surface area contributed by atoms with E-state index >= 15 is 0 Å². The Bertz CT molecular complexity index is 1040. The Morgan fingerprint density at radius 1 is 1.00 bits per heavy atom. The quantitative estimate of drug-likeness (QED) is 0.239. The predicted molar refractivity (Wildman–Crippen MR) is 102 cm³/mol. The lowest BCUT2D eigenvalue weighted by molar-refractivity contribution is -0.0500.